The van der Waals surface area contributed by atoms with E-state index in [1.165, 1.54) is 0 Å². The number of hydrogen-bond donors (Lipinski definition) is 1. The average molecular weight is 195 g/mol. The Hall–Kier alpha value is -1.50. The lowest BCUT2D eigenvalue weighted by Crippen LogP contribution is -2.45. The molecule has 1 N–H and O–H groups in total. The first-order chi connectivity index (χ1) is 6.56. The van der Waals surface area contributed by atoms with Crippen molar-refractivity contribution in [3.8, 4) is 12.3 Å². The second-order valence-corrected chi connectivity index (χ2v) is 3.55. The van der Waals surface area contributed by atoms with Gasteiger partial charge in [0.1, 0.15) is 0 Å². The molecule has 0 aromatic heterocycles. The van der Waals surface area contributed by atoms with Crippen molar-refractivity contribution in [3.05, 3.63) is 0 Å². The number of terminal acetylenes is 1. The van der Waals surface area contributed by atoms with Crippen LogP contribution in [0.2, 0.25) is 0 Å². The summed E-state index contributed by atoms with van der Waals surface area (Å²) < 4.78 is 0. The fraction of sp³-hybridized carbons (Fsp3) is 0.600. The van der Waals surface area contributed by atoms with Crippen LogP contribution in [0.5, 0.6) is 0 Å². The maximum atomic E-state index is 11.2. The van der Waals surface area contributed by atoms with Crippen molar-refractivity contribution in [1.29, 1.82) is 0 Å². The van der Waals surface area contributed by atoms with Crippen LogP contribution in [-0.2, 0) is 9.59 Å². The number of nitrogens with zero attached hydrogens (tertiary/aromatic N) is 1. The highest BCUT2D eigenvalue weighted by Gasteiger charge is 2.31. The Morgan fingerprint density at radius 3 is 2.64 bits per heavy atom. The smallest absolute Gasteiger partial charge is 0.306 e. The van der Waals surface area contributed by atoms with E-state index in [0.29, 0.717) is 19.4 Å². The molecule has 0 aliphatic carbocycles. The van der Waals surface area contributed by atoms with Gasteiger partial charge < -0.3 is 10.0 Å². The fourth-order valence-corrected chi connectivity index (χ4v) is 1.78. The molecule has 1 saturated heterocycles. The molecule has 0 aromatic rings. The molecule has 1 rings (SSSR count). The van der Waals surface area contributed by atoms with Gasteiger partial charge in [0.25, 0.3) is 5.91 Å². The lowest BCUT2D eigenvalue weighted by atomic mass is 9.92. The van der Waals surface area contributed by atoms with Gasteiger partial charge in [0, 0.05) is 12.6 Å². The number of likely N-dealkylation sites (tertiary alicyclic amines) is 1. The van der Waals surface area contributed by atoms with Crippen molar-refractivity contribution in [3.63, 3.8) is 0 Å². The van der Waals surface area contributed by atoms with E-state index in [-0.39, 0.29) is 17.9 Å². The molecular formula is C10H13NO3. The van der Waals surface area contributed by atoms with Crippen molar-refractivity contribution in [2.75, 3.05) is 6.54 Å². The van der Waals surface area contributed by atoms with Crippen LogP contribution < -0.4 is 0 Å². The van der Waals surface area contributed by atoms with Crippen molar-refractivity contribution in [1.82, 2.24) is 4.90 Å². The minimum Gasteiger partial charge on any atom is -0.481 e. The highest BCUT2D eigenvalue weighted by atomic mass is 16.4. The van der Waals surface area contributed by atoms with Crippen molar-refractivity contribution in [2.45, 2.75) is 25.8 Å². The number of amides is 1. The highest BCUT2D eigenvalue weighted by molar-refractivity contribution is 5.93. The summed E-state index contributed by atoms with van der Waals surface area (Å²) in [6.45, 7) is 2.27. The van der Waals surface area contributed by atoms with E-state index < -0.39 is 5.97 Å². The Kier molecular flexibility index (Phi) is 3.13. The van der Waals surface area contributed by atoms with Crippen LogP contribution >= 0.6 is 0 Å². The van der Waals surface area contributed by atoms with E-state index in [0.717, 1.165) is 0 Å². The highest BCUT2D eigenvalue weighted by Crippen LogP contribution is 2.22. The largest absolute Gasteiger partial charge is 0.481 e. The van der Waals surface area contributed by atoms with E-state index in [1.54, 1.807) is 4.90 Å². The van der Waals surface area contributed by atoms with Gasteiger partial charge in [-0.3, -0.25) is 9.59 Å². The normalized spacial score (nSPS) is 26.7. The van der Waals surface area contributed by atoms with Crippen LogP contribution in [0.3, 0.4) is 0 Å². The van der Waals surface area contributed by atoms with Gasteiger partial charge in [-0.25, -0.2) is 0 Å². The van der Waals surface area contributed by atoms with E-state index in [4.69, 9.17) is 11.5 Å². The lowest BCUT2D eigenvalue weighted by molar-refractivity contribution is -0.146. The van der Waals surface area contributed by atoms with Gasteiger partial charge in [0.2, 0.25) is 0 Å². The summed E-state index contributed by atoms with van der Waals surface area (Å²) in [6.07, 6.45) is 5.98. The zero-order valence-electron chi connectivity index (χ0n) is 8.06. The molecule has 0 saturated carbocycles. The first-order valence-corrected chi connectivity index (χ1v) is 4.56. The Labute approximate surface area is 82.9 Å². The van der Waals surface area contributed by atoms with Crippen LogP contribution in [0, 0.1) is 18.3 Å². The van der Waals surface area contributed by atoms with Gasteiger partial charge in [-0.1, -0.05) is 0 Å². The SMILES string of the molecule is C#CC(=O)N1CCC(C(=O)O)CC1C. The van der Waals surface area contributed by atoms with Gasteiger partial charge in [0.05, 0.1) is 5.92 Å². The Bertz CT molecular complexity index is 292. The minimum absolute atomic E-state index is 0.0756. The summed E-state index contributed by atoms with van der Waals surface area (Å²) in [5, 5.41) is 8.79. The molecule has 2 atom stereocenters. The van der Waals surface area contributed by atoms with Gasteiger partial charge in [-0.2, -0.15) is 0 Å². The van der Waals surface area contributed by atoms with E-state index in [1.807, 2.05) is 12.8 Å². The predicted octanol–water partition coefficient (Wildman–Crippen LogP) is 0.331. The third-order valence-electron chi connectivity index (χ3n) is 2.61. The second kappa shape index (κ2) is 4.14. The number of piperidine rings is 1. The summed E-state index contributed by atoms with van der Waals surface area (Å²) in [6, 6.07) is -0.0756. The molecule has 76 valence electrons. The van der Waals surface area contributed by atoms with Gasteiger partial charge in [0.15, 0.2) is 0 Å². The van der Waals surface area contributed by atoms with Crippen molar-refractivity contribution in [2.24, 2.45) is 5.92 Å². The number of rotatable bonds is 1. The standard InChI is InChI=1S/C10H13NO3/c1-3-9(12)11-5-4-8(10(13)14)6-7(11)2/h1,7-8H,4-6H2,2H3,(H,13,14). The van der Waals surface area contributed by atoms with Crippen LogP contribution in [0.4, 0.5) is 0 Å². The second-order valence-electron chi connectivity index (χ2n) is 3.55. The zero-order chi connectivity index (χ0) is 10.7. The number of carbonyl (C=O) groups excluding carboxylic acids is 1. The average Bonchev–Trinajstić information content (AvgIpc) is 2.16. The van der Waals surface area contributed by atoms with E-state index in [9.17, 15) is 9.59 Å². The van der Waals surface area contributed by atoms with E-state index >= 15 is 0 Å². The Morgan fingerprint density at radius 2 is 2.21 bits per heavy atom. The number of hydrogen-bond acceptors (Lipinski definition) is 2. The molecule has 2 unspecified atom stereocenters. The van der Waals surface area contributed by atoms with Crippen molar-refractivity contribution < 1.29 is 14.7 Å². The summed E-state index contributed by atoms with van der Waals surface area (Å²) in [5.41, 5.74) is 0. The van der Waals surface area contributed by atoms with Crippen LogP contribution in [0.15, 0.2) is 0 Å². The molecule has 1 heterocycles. The van der Waals surface area contributed by atoms with Crippen LogP contribution in [0.25, 0.3) is 0 Å². The fourth-order valence-electron chi connectivity index (χ4n) is 1.78. The van der Waals surface area contributed by atoms with E-state index in [2.05, 4.69) is 0 Å². The summed E-state index contributed by atoms with van der Waals surface area (Å²) in [5.74, 6) is 0.574. The number of carboxylic acid groups (broad SMARTS) is 1. The maximum Gasteiger partial charge on any atom is 0.306 e. The molecule has 0 aromatic carbocycles. The van der Waals surface area contributed by atoms with Crippen molar-refractivity contribution >= 4 is 11.9 Å². The summed E-state index contributed by atoms with van der Waals surface area (Å²) in [7, 11) is 0. The first-order valence-electron chi connectivity index (χ1n) is 4.56. The van der Waals surface area contributed by atoms with Crippen LogP contribution in [-0.4, -0.2) is 34.5 Å². The number of carboxylic acids is 1. The zero-order valence-corrected chi connectivity index (χ0v) is 8.06. The van der Waals surface area contributed by atoms with Gasteiger partial charge in [-0.05, 0) is 25.7 Å². The predicted molar refractivity (Wildman–Crippen MR) is 50.4 cm³/mol. The maximum absolute atomic E-state index is 11.2. The molecule has 4 nitrogen and oxygen atoms in total. The molecule has 14 heavy (non-hydrogen) atoms. The third kappa shape index (κ3) is 2.05. The van der Waals surface area contributed by atoms with Gasteiger partial charge >= 0.3 is 5.97 Å². The molecule has 1 amide bonds. The first kappa shape index (κ1) is 10.6. The number of aliphatic carboxylic acids is 1. The molecule has 0 bridgehead atoms. The molecular weight excluding hydrogens is 182 g/mol. The lowest BCUT2D eigenvalue weighted by Gasteiger charge is -2.34. The molecule has 1 aliphatic heterocycles. The quantitative estimate of drug-likeness (QED) is 0.613. The molecule has 0 spiro atoms. The Balaban J connectivity index is 2.61. The molecule has 1 fully saturated rings. The molecule has 4 heteroatoms. The molecule has 0 radical (unpaired) electrons. The number of carbonyl (C=O) groups is 2. The minimum atomic E-state index is -0.787. The summed E-state index contributed by atoms with van der Waals surface area (Å²) in [4.78, 5) is 23.5. The topological polar surface area (TPSA) is 57.6 Å². The summed E-state index contributed by atoms with van der Waals surface area (Å²) >= 11 is 0. The van der Waals surface area contributed by atoms with Crippen LogP contribution in [0.1, 0.15) is 19.8 Å². The molecule has 1 aliphatic rings. The monoisotopic (exact) mass is 195 g/mol. The third-order valence-corrected chi connectivity index (χ3v) is 2.61. The Morgan fingerprint density at radius 1 is 1.57 bits per heavy atom. The van der Waals surface area contributed by atoms with Gasteiger partial charge in [-0.15, -0.1) is 6.42 Å².